The van der Waals surface area contributed by atoms with Gasteiger partial charge in [0.1, 0.15) is 0 Å². The van der Waals surface area contributed by atoms with Gasteiger partial charge in [-0.3, -0.25) is 4.72 Å². The molecule has 0 radical (unpaired) electrons. The largest absolute Gasteiger partial charge is 0.382 e. The lowest BCUT2D eigenvalue weighted by molar-refractivity contribution is 0.264. The van der Waals surface area contributed by atoms with Gasteiger partial charge in [0.15, 0.2) is 0 Å². The minimum Gasteiger partial charge on any atom is -0.382 e. The Labute approximate surface area is 125 Å². The van der Waals surface area contributed by atoms with E-state index < -0.39 is 10.0 Å². The number of nitrogens with one attached hydrogen (secondary N) is 2. The van der Waals surface area contributed by atoms with Gasteiger partial charge in [0.25, 0.3) is 0 Å². The Morgan fingerprint density at radius 2 is 1.95 bits per heavy atom. The molecule has 1 aliphatic rings. The lowest BCUT2D eigenvalue weighted by Crippen LogP contribution is -2.36. The average Bonchev–Trinajstić information content (AvgIpc) is 2.34. The van der Waals surface area contributed by atoms with Crippen molar-refractivity contribution in [3.8, 4) is 0 Å². The number of hydrogen-bond donors (Lipinski definition) is 2. The van der Waals surface area contributed by atoms with E-state index in [-0.39, 0.29) is 0 Å². The van der Waals surface area contributed by atoms with E-state index in [0.29, 0.717) is 16.8 Å². The molecule has 1 heterocycles. The van der Waals surface area contributed by atoms with Crippen LogP contribution in [0.1, 0.15) is 12.8 Å². The van der Waals surface area contributed by atoms with Crippen LogP contribution in [0.5, 0.6) is 0 Å². The zero-order valence-corrected chi connectivity index (χ0v) is 13.3. The smallest absolute Gasteiger partial charge is 0.229 e. The second-order valence-electron chi connectivity index (χ2n) is 5.29. The molecular weight excluding hydrogens is 298 g/mol. The predicted molar refractivity (Wildman–Crippen MR) is 84.1 cm³/mol. The van der Waals surface area contributed by atoms with Crippen molar-refractivity contribution in [2.75, 3.05) is 36.4 Å². The Morgan fingerprint density at radius 3 is 2.50 bits per heavy atom. The Kier molecular flexibility index (Phi) is 4.78. The zero-order chi connectivity index (χ0) is 14.8. The lowest BCUT2D eigenvalue weighted by atomic mass is 10.1. The molecular formula is C13H20ClN3O2S. The highest BCUT2D eigenvalue weighted by Gasteiger charge is 2.16. The summed E-state index contributed by atoms with van der Waals surface area (Å²) in [5.74, 6) is 0. The molecule has 1 aromatic carbocycles. The van der Waals surface area contributed by atoms with Crippen LogP contribution in [0.3, 0.4) is 0 Å². The maximum absolute atomic E-state index is 11.2. The third kappa shape index (κ3) is 4.54. The van der Waals surface area contributed by atoms with E-state index in [4.69, 9.17) is 11.6 Å². The topological polar surface area (TPSA) is 61.4 Å². The number of anilines is 2. The van der Waals surface area contributed by atoms with Crippen LogP contribution in [0.2, 0.25) is 5.02 Å². The molecule has 2 rings (SSSR count). The highest BCUT2D eigenvalue weighted by Crippen LogP contribution is 2.27. The van der Waals surface area contributed by atoms with Crippen molar-refractivity contribution in [3.05, 3.63) is 23.2 Å². The number of likely N-dealkylation sites (tertiary alicyclic amines) is 1. The molecule has 0 atom stereocenters. The molecule has 112 valence electrons. The monoisotopic (exact) mass is 317 g/mol. The Morgan fingerprint density at radius 1 is 1.30 bits per heavy atom. The van der Waals surface area contributed by atoms with Crippen molar-refractivity contribution in [1.82, 2.24) is 4.90 Å². The maximum Gasteiger partial charge on any atom is 0.229 e. The molecule has 20 heavy (non-hydrogen) atoms. The molecule has 0 saturated carbocycles. The number of benzene rings is 1. The molecule has 0 bridgehead atoms. The van der Waals surface area contributed by atoms with E-state index in [1.165, 1.54) is 0 Å². The first-order valence-electron chi connectivity index (χ1n) is 6.56. The van der Waals surface area contributed by atoms with Gasteiger partial charge in [-0.15, -0.1) is 0 Å². The van der Waals surface area contributed by atoms with Crippen LogP contribution in [0.25, 0.3) is 0 Å². The van der Waals surface area contributed by atoms with Crippen molar-refractivity contribution in [2.24, 2.45) is 0 Å². The predicted octanol–water partition coefficient (Wildman–Crippen LogP) is 2.22. The van der Waals surface area contributed by atoms with Crippen molar-refractivity contribution < 1.29 is 8.42 Å². The highest BCUT2D eigenvalue weighted by atomic mass is 35.5. The Hall–Kier alpha value is -0.980. The van der Waals surface area contributed by atoms with Crippen LogP contribution >= 0.6 is 11.6 Å². The average molecular weight is 318 g/mol. The molecule has 1 aromatic rings. The first-order valence-corrected chi connectivity index (χ1v) is 8.83. The number of nitrogens with zero attached hydrogens (tertiary/aromatic N) is 1. The van der Waals surface area contributed by atoms with E-state index in [9.17, 15) is 8.42 Å². The van der Waals surface area contributed by atoms with E-state index in [1.807, 2.05) is 6.07 Å². The third-order valence-corrected chi connectivity index (χ3v) is 4.26. The summed E-state index contributed by atoms with van der Waals surface area (Å²) in [6.07, 6.45) is 3.29. The molecule has 0 amide bonds. The summed E-state index contributed by atoms with van der Waals surface area (Å²) in [4.78, 5) is 2.31. The second-order valence-corrected chi connectivity index (χ2v) is 7.45. The standard InChI is InChI=1S/C13H20ClN3O2S/c1-17-7-5-10(6-8-17)15-11-3-4-13(12(14)9-11)16-20(2,18)19/h3-4,9-10,15-16H,5-8H2,1-2H3. The van der Waals surface area contributed by atoms with E-state index in [2.05, 4.69) is 22.0 Å². The first-order chi connectivity index (χ1) is 9.33. The van der Waals surface area contributed by atoms with Crippen molar-refractivity contribution in [3.63, 3.8) is 0 Å². The molecule has 1 aliphatic heterocycles. The zero-order valence-electron chi connectivity index (χ0n) is 11.7. The van der Waals surface area contributed by atoms with Crippen molar-refractivity contribution in [1.29, 1.82) is 0 Å². The summed E-state index contributed by atoms with van der Waals surface area (Å²) in [7, 11) is -1.18. The molecule has 7 heteroatoms. The third-order valence-electron chi connectivity index (χ3n) is 3.35. The van der Waals surface area contributed by atoms with Gasteiger partial charge in [0.05, 0.1) is 17.0 Å². The molecule has 5 nitrogen and oxygen atoms in total. The Balaban J connectivity index is 2.02. The number of hydrogen-bond acceptors (Lipinski definition) is 4. The normalized spacial score (nSPS) is 17.9. The number of sulfonamides is 1. The fraction of sp³-hybridized carbons (Fsp3) is 0.538. The molecule has 0 spiro atoms. The number of piperidine rings is 1. The molecule has 1 saturated heterocycles. The van der Waals surface area contributed by atoms with Gasteiger partial charge in [0.2, 0.25) is 10.0 Å². The van der Waals surface area contributed by atoms with Gasteiger partial charge in [-0.1, -0.05) is 11.6 Å². The fourth-order valence-electron chi connectivity index (χ4n) is 2.28. The molecule has 0 unspecified atom stereocenters. The molecule has 2 N–H and O–H groups in total. The summed E-state index contributed by atoms with van der Waals surface area (Å²) in [6, 6.07) is 5.72. The van der Waals surface area contributed by atoms with Gasteiger partial charge in [-0.2, -0.15) is 0 Å². The first kappa shape index (κ1) is 15.4. The summed E-state index contributed by atoms with van der Waals surface area (Å²) >= 11 is 6.10. The van der Waals surface area contributed by atoms with Crippen LogP contribution in [0.4, 0.5) is 11.4 Å². The van der Waals surface area contributed by atoms with Gasteiger partial charge in [0, 0.05) is 11.7 Å². The van der Waals surface area contributed by atoms with Gasteiger partial charge in [-0.05, 0) is 51.2 Å². The maximum atomic E-state index is 11.2. The number of halogens is 1. The minimum atomic E-state index is -3.31. The van der Waals surface area contributed by atoms with E-state index in [1.54, 1.807) is 12.1 Å². The Bertz CT molecular complexity index is 569. The van der Waals surface area contributed by atoms with Crippen molar-refractivity contribution in [2.45, 2.75) is 18.9 Å². The van der Waals surface area contributed by atoms with E-state index in [0.717, 1.165) is 37.9 Å². The fourth-order valence-corrected chi connectivity index (χ4v) is 3.14. The van der Waals surface area contributed by atoms with Gasteiger partial charge in [-0.25, -0.2) is 8.42 Å². The molecule has 1 fully saturated rings. The van der Waals surface area contributed by atoms with Crippen LogP contribution in [-0.4, -0.2) is 45.8 Å². The lowest BCUT2D eigenvalue weighted by Gasteiger charge is -2.30. The molecule has 0 aromatic heterocycles. The SMILES string of the molecule is CN1CCC(Nc2ccc(NS(C)(=O)=O)c(Cl)c2)CC1. The summed E-state index contributed by atoms with van der Waals surface area (Å²) in [5, 5.41) is 3.84. The van der Waals surface area contributed by atoms with Crippen LogP contribution < -0.4 is 10.0 Å². The number of rotatable bonds is 4. The summed E-state index contributed by atoms with van der Waals surface area (Å²) in [6.45, 7) is 2.16. The van der Waals surface area contributed by atoms with E-state index >= 15 is 0 Å². The second kappa shape index (κ2) is 6.20. The minimum absolute atomic E-state index is 0.397. The van der Waals surface area contributed by atoms with Crippen LogP contribution in [-0.2, 0) is 10.0 Å². The summed E-state index contributed by atoms with van der Waals surface area (Å²) < 4.78 is 24.8. The quantitative estimate of drug-likeness (QED) is 0.894. The van der Waals surface area contributed by atoms with Crippen LogP contribution in [0.15, 0.2) is 18.2 Å². The summed E-state index contributed by atoms with van der Waals surface area (Å²) in [5.41, 5.74) is 1.33. The van der Waals surface area contributed by atoms with Gasteiger partial charge < -0.3 is 10.2 Å². The molecule has 0 aliphatic carbocycles. The van der Waals surface area contributed by atoms with Crippen molar-refractivity contribution >= 4 is 33.0 Å². The highest BCUT2D eigenvalue weighted by molar-refractivity contribution is 7.92. The van der Waals surface area contributed by atoms with Crippen LogP contribution in [0, 0.1) is 0 Å². The van der Waals surface area contributed by atoms with Gasteiger partial charge >= 0.3 is 0 Å².